The van der Waals surface area contributed by atoms with E-state index in [0.29, 0.717) is 5.56 Å². The maximum Gasteiger partial charge on any atom is 0.327 e. The number of nitrogens with two attached hydrogens (primary N) is 1. The minimum Gasteiger partial charge on any atom is -0.508 e. The second kappa shape index (κ2) is 13.5. The van der Waals surface area contributed by atoms with Crippen molar-refractivity contribution in [3.63, 3.8) is 0 Å². The minimum absolute atomic E-state index is 0. The molecule has 0 aromatic heterocycles. The summed E-state index contributed by atoms with van der Waals surface area (Å²) in [7, 11) is -4.09. The van der Waals surface area contributed by atoms with Crippen LogP contribution in [0.1, 0.15) is 25.5 Å². The van der Waals surface area contributed by atoms with E-state index in [1.54, 1.807) is 26.0 Å². The molecule has 0 spiro atoms. The van der Waals surface area contributed by atoms with E-state index >= 15 is 0 Å². The average molecular weight is 628 g/mol. The zero-order valence-corrected chi connectivity index (χ0v) is 24.0. The highest BCUT2D eigenvalue weighted by atomic mass is 32.2. The number of hydrogen-bond acceptors (Lipinski definition) is 8. The third-order valence-corrected chi connectivity index (χ3v) is 8.95. The Labute approximate surface area is 245 Å². The van der Waals surface area contributed by atoms with Gasteiger partial charge in [0.1, 0.15) is 29.2 Å². The number of benzene rings is 3. The van der Waals surface area contributed by atoms with Crippen LogP contribution >= 0.6 is 11.8 Å². The largest absolute Gasteiger partial charge is 0.508 e. The number of aromatic hydroxyl groups is 1. The Balaban J connectivity index is 0.000000446. The van der Waals surface area contributed by atoms with E-state index in [1.807, 2.05) is 18.2 Å². The Kier molecular flexibility index (Phi) is 11.6. The van der Waals surface area contributed by atoms with Crippen molar-refractivity contribution in [2.75, 3.05) is 0 Å². The fourth-order valence-corrected chi connectivity index (χ4v) is 6.69. The van der Waals surface area contributed by atoms with Gasteiger partial charge in [-0.25, -0.2) is 4.79 Å². The van der Waals surface area contributed by atoms with E-state index in [4.69, 9.17) is 10.3 Å². The van der Waals surface area contributed by atoms with E-state index < -0.39 is 56.1 Å². The Bertz CT molecular complexity index is 1550. The van der Waals surface area contributed by atoms with Crippen LogP contribution in [0.25, 0.3) is 10.8 Å². The molecule has 0 bridgehead atoms. The molecule has 2 aliphatic rings. The molecular formula is C26H33N3O11S2. The standard InChI is InChI=1S/C16H19N3O5S.C10H8O3S.3H2O/c1-16(2)11(15(23)24)19-13(22)10(14(19)25-16)18-12(21)9(17)7-3-5-8(20)6-4-7;11-14(12,13)10-6-5-8-3-1-2-4-9(8)7-10;;;/h3-6,9-11,14,20H,17H2,1-2H3,(H,18,21)(H,23,24);1-7H,(H,11,12,13);3*1H2/t9-,10-,11+,14-;;;;/m1..../s1. The Morgan fingerprint density at radius 3 is 2.12 bits per heavy atom. The second-order valence-corrected chi connectivity index (χ2v) is 12.8. The van der Waals surface area contributed by atoms with Crippen LogP contribution in [0.15, 0.2) is 71.6 Å². The van der Waals surface area contributed by atoms with Crippen LogP contribution in [-0.4, -0.2) is 84.5 Å². The maximum atomic E-state index is 12.3. The first-order chi connectivity index (χ1) is 18.2. The van der Waals surface area contributed by atoms with Crippen LogP contribution in [0.3, 0.4) is 0 Å². The summed E-state index contributed by atoms with van der Waals surface area (Å²) >= 11 is 1.35. The third kappa shape index (κ3) is 7.16. The summed E-state index contributed by atoms with van der Waals surface area (Å²) < 4.78 is 29.8. The molecule has 0 unspecified atom stereocenters. The summed E-state index contributed by atoms with van der Waals surface area (Å²) in [5, 5.41) is 22.6. The fourth-order valence-electron chi connectivity index (χ4n) is 4.55. The molecule has 2 aliphatic heterocycles. The average Bonchev–Trinajstić information content (AvgIpc) is 3.14. The lowest BCUT2D eigenvalue weighted by atomic mass is 9.95. The van der Waals surface area contributed by atoms with Crippen LogP contribution < -0.4 is 11.1 Å². The molecule has 14 nitrogen and oxygen atoms in total. The monoisotopic (exact) mass is 627 g/mol. The molecular weight excluding hydrogens is 594 g/mol. The first kappa shape index (κ1) is 36.3. The van der Waals surface area contributed by atoms with Crippen LogP contribution in [0.4, 0.5) is 0 Å². The van der Waals surface area contributed by atoms with E-state index in [2.05, 4.69) is 5.32 Å². The van der Waals surface area contributed by atoms with Crippen LogP contribution in [0.2, 0.25) is 0 Å². The van der Waals surface area contributed by atoms with Gasteiger partial charge in [-0.1, -0.05) is 42.5 Å². The Morgan fingerprint density at radius 2 is 1.57 bits per heavy atom. The number of nitrogens with one attached hydrogen (secondary N) is 1. The molecule has 2 heterocycles. The van der Waals surface area contributed by atoms with Gasteiger partial charge in [-0.15, -0.1) is 11.8 Å². The van der Waals surface area contributed by atoms with Crippen molar-refractivity contribution in [2.45, 2.75) is 47.0 Å². The quantitative estimate of drug-likeness (QED) is 0.181. The first-order valence-electron chi connectivity index (χ1n) is 11.7. The first-order valence-corrected chi connectivity index (χ1v) is 14.1. The van der Waals surface area contributed by atoms with Crippen LogP contribution in [0, 0.1) is 0 Å². The number of thioether (sulfide) groups is 1. The fraction of sp³-hybridized carbons (Fsp3) is 0.269. The third-order valence-electron chi connectivity index (χ3n) is 6.53. The number of phenolic OH excluding ortho intramolecular Hbond substituents is 1. The molecule has 16 heteroatoms. The molecule has 2 amide bonds. The summed E-state index contributed by atoms with van der Waals surface area (Å²) in [6.07, 6.45) is 0. The highest BCUT2D eigenvalue weighted by molar-refractivity contribution is 8.01. The lowest BCUT2D eigenvalue weighted by Crippen LogP contribution is -2.71. The lowest BCUT2D eigenvalue weighted by Gasteiger charge is -2.43. The number of carbonyl (C=O) groups is 3. The predicted molar refractivity (Wildman–Crippen MR) is 155 cm³/mol. The number of phenols is 1. The van der Waals surface area contributed by atoms with Crippen molar-refractivity contribution >= 4 is 50.4 Å². The number of hydrogen-bond donors (Lipinski definition) is 5. The van der Waals surface area contributed by atoms with Crippen molar-refractivity contribution in [3.8, 4) is 5.75 Å². The van der Waals surface area contributed by atoms with Gasteiger partial charge in [-0.3, -0.25) is 14.1 Å². The summed E-state index contributed by atoms with van der Waals surface area (Å²) in [5.41, 5.74) is 6.41. The SMILES string of the molecule is CC1(C)S[C@@H]2[C@H](NC(=O)[C@H](N)c3ccc(O)cc3)C(=O)N2[C@H]1C(=O)O.O.O.O.O=S(=O)(O)c1ccc2ccccc2c1. The smallest absolute Gasteiger partial charge is 0.327 e. The topological polar surface area (TPSA) is 282 Å². The van der Waals surface area contributed by atoms with E-state index in [9.17, 15) is 33.0 Å². The Hall–Kier alpha value is -3.77. The number of nitrogens with zero attached hydrogens (tertiary/aromatic N) is 1. The highest BCUT2D eigenvalue weighted by Crippen LogP contribution is 2.50. The van der Waals surface area contributed by atoms with Crippen LogP contribution in [-0.2, 0) is 24.5 Å². The van der Waals surface area contributed by atoms with Gasteiger partial charge in [0.15, 0.2) is 0 Å². The lowest BCUT2D eigenvalue weighted by molar-refractivity contribution is -0.161. The molecule has 2 fully saturated rings. The molecule has 0 saturated carbocycles. The van der Waals surface area contributed by atoms with E-state index in [-0.39, 0.29) is 27.1 Å². The number of carbonyl (C=O) groups excluding carboxylic acids is 2. The van der Waals surface area contributed by atoms with Gasteiger partial charge >= 0.3 is 5.97 Å². The molecule has 230 valence electrons. The summed E-state index contributed by atoms with van der Waals surface area (Å²) in [6, 6.07) is 15.1. The van der Waals surface area contributed by atoms with E-state index in [0.717, 1.165) is 10.8 Å². The van der Waals surface area contributed by atoms with Crippen molar-refractivity contribution in [3.05, 3.63) is 72.3 Å². The van der Waals surface area contributed by atoms with Crippen molar-refractivity contribution in [1.29, 1.82) is 0 Å². The number of rotatable bonds is 5. The number of amides is 2. The second-order valence-electron chi connectivity index (χ2n) is 9.64. The number of fused-ring (bicyclic) bond motifs is 2. The Morgan fingerprint density at radius 1 is 1.00 bits per heavy atom. The van der Waals surface area contributed by atoms with Gasteiger partial charge in [0.25, 0.3) is 10.1 Å². The minimum atomic E-state index is -4.09. The van der Waals surface area contributed by atoms with Gasteiger partial charge in [0.2, 0.25) is 11.8 Å². The van der Waals surface area contributed by atoms with Crippen molar-refractivity contribution < 1.29 is 54.0 Å². The number of carboxylic acids is 1. The van der Waals surface area contributed by atoms with Crippen LogP contribution in [0.5, 0.6) is 5.75 Å². The van der Waals surface area contributed by atoms with Gasteiger partial charge in [-0.05, 0) is 54.4 Å². The van der Waals surface area contributed by atoms with Gasteiger partial charge < -0.3 is 42.6 Å². The predicted octanol–water partition coefficient (Wildman–Crippen LogP) is -0.364. The summed E-state index contributed by atoms with van der Waals surface area (Å²) in [6.45, 7) is 3.53. The zero-order chi connectivity index (χ0) is 28.7. The molecule has 0 aliphatic carbocycles. The molecule has 5 rings (SSSR count). The molecule has 42 heavy (non-hydrogen) atoms. The molecule has 3 aromatic rings. The zero-order valence-electron chi connectivity index (χ0n) is 22.4. The van der Waals surface area contributed by atoms with E-state index in [1.165, 1.54) is 53.1 Å². The van der Waals surface area contributed by atoms with Crippen molar-refractivity contribution in [1.82, 2.24) is 10.2 Å². The van der Waals surface area contributed by atoms with Crippen molar-refractivity contribution in [2.24, 2.45) is 5.73 Å². The number of β-lactam (4-membered cyclic amide) rings is 1. The molecule has 12 N–H and O–H groups in total. The maximum absolute atomic E-state index is 12.3. The van der Waals surface area contributed by atoms with Gasteiger partial charge in [0, 0.05) is 4.75 Å². The molecule has 0 radical (unpaired) electrons. The van der Waals surface area contributed by atoms with Gasteiger partial charge in [0.05, 0.1) is 4.90 Å². The highest BCUT2D eigenvalue weighted by Gasteiger charge is 2.64. The molecule has 4 atom stereocenters. The normalized spacial score (nSPS) is 20.6. The van der Waals surface area contributed by atoms with Gasteiger partial charge in [-0.2, -0.15) is 8.42 Å². The molecule has 3 aromatic carbocycles. The summed E-state index contributed by atoms with van der Waals surface area (Å²) in [4.78, 5) is 37.4. The molecule has 2 saturated heterocycles. The summed E-state index contributed by atoms with van der Waals surface area (Å²) in [5.74, 6) is -1.94. The number of carboxylic acid groups (broad SMARTS) is 1. The number of aliphatic carboxylic acids is 1.